The van der Waals surface area contributed by atoms with Gasteiger partial charge in [0.05, 0.1) is 0 Å². The molecule has 4 heteroatoms. The molecule has 12 heavy (non-hydrogen) atoms. The summed E-state index contributed by atoms with van der Waals surface area (Å²) in [5.41, 5.74) is 0. The van der Waals surface area contributed by atoms with E-state index in [1.807, 2.05) is 13.8 Å². The summed E-state index contributed by atoms with van der Waals surface area (Å²) in [6, 6.07) is -0.294. The zero-order valence-electron chi connectivity index (χ0n) is 7.81. The lowest BCUT2D eigenvalue weighted by molar-refractivity contribution is -0.125. The molecule has 1 aliphatic heterocycles. The van der Waals surface area contributed by atoms with E-state index in [1.54, 1.807) is 7.05 Å². The first-order chi connectivity index (χ1) is 5.74. The van der Waals surface area contributed by atoms with Gasteiger partial charge in [0, 0.05) is 13.5 Å². The van der Waals surface area contributed by atoms with Crippen LogP contribution in [0, 0.1) is 0 Å². The zero-order chi connectivity index (χ0) is 9.56. The van der Waals surface area contributed by atoms with E-state index in [1.165, 1.54) is 0 Å². The van der Waals surface area contributed by atoms with Crippen LogP contribution in [0.4, 0.5) is 0 Å². The van der Waals surface area contributed by atoms with Gasteiger partial charge in [-0.2, -0.15) is 0 Å². The molecule has 0 spiro atoms. The molecule has 1 aliphatic rings. The van der Waals surface area contributed by atoms with E-state index in [9.17, 15) is 9.59 Å². The Kier molecular flexibility index (Phi) is 5.08. The highest BCUT2D eigenvalue weighted by atomic mass is 16.2. The second-order valence-electron chi connectivity index (χ2n) is 2.27. The topological polar surface area (TPSA) is 58.2 Å². The second-order valence-corrected chi connectivity index (χ2v) is 2.27. The monoisotopic (exact) mass is 172 g/mol. The first kappa shape index (κ1) is 10.9. The maximum absolute atomic E-state index is 10.8. The molecular formula is C8H16N2O2. The Bertz CT molecular complexity index is 168. The van der Waals surface area contributed by atoms with Crippen LogP contribution in [0.5, 0.6) is 0 Å². The highest BCUT2D eigenvalue weighted by Crippen LogP contribution is 2.05. The maximum atomic E-state index is 10.8. The Labute approximate surface area is 72.7 Å². The number of nitrogens with one attached hydrogen (secondary N) is 2. The van der Waals surface area contributed by atoms with Gasteiger partial charge in [-0.1, -0.05) is 13.8 Å². The van der Waals surface area contributed by atoms with Crippen molar-refractivity contribution in [2.75, 3.05) is 7.05 Å². The molecule has 0 aromatic carbocycles. The number of amides is 2. The summed E-state index contributed by atoms with van der Waals surface area (Å²) in [5, 5.41) is 5.03. The third-order valence-corrected chi connectivity index (χ3v) is 1.56. The van der Waals surface area contributed by atoms with Crippen molar-refractivity contribution < 1.29 is 9.59 Å². The molecule has 1 rings (SSSR count). The van der Waals surface area contributed by atoms with Crippen molar-refractivity contribution in [3.05, 3.63) is 0 Å². The standard InChI is InChI=1S/C6H10N2O2.C2H6/c1-7-6(10)4-2-3-5(9)8-4;1-2/h4H,2-3H2,1H3,(H,7,10)(H,8,9);1-2H3/t4-;/m1./s1. The van der Waals surface area contributed by atoms with Crippen LogP contribution < -0.4 is 10.6 Å². The normalized spacial score (nSPS) is 20.6. The van der Waals surface area contributed by atoms with Crippen molar-refractivity contribution in [1.82, 2.24) is 10.6 Å². The molecule has 1 saturated heterocycles. The summed E-state index contributed by atoms with van der Waals surface area (Å²) in [7, 11) is 1.56. The molecule has 0 aromatic heterocycles. The maximum Gasteiger partial charge on any atom is 0.242 e. The van der Waals surface area contributed by atoms with Gasteiger partial charge in [-0.3, -0.25) is 9.59 Å². The van der Waals surface area contributed by atoms with E-state index < -0.39 is 0 Å². The average molecular weight is 172 g/mol. The van der Waals surface area contributed by atoms with Crippen molar-refractivity contribution in [2.45, 2.75) is 32.7 Å². The Morgan fingerprint density at radius 3 is 2.50 bits per heavy atom. The summed E-state index contributed by atoms with van der Waals surface area (Å²) in [4.78, 5) is 21.4. The van der Waals surface area contributed by atoms with E-state index in [-0.39, 0.29) is 17.9 Å². The number of carbonyl (C=O) groups is 2. The number of hydrogen-bond donors (Lipinski definition) is 2. The van der Waals surface area contributed by atoms with Crippen LogP contribution in [-0.4, -0.2) is 24.9 Å². The van der Waals surface area contributed by atoms with Gasteiger partial charge in [-0.25, -0.2) is 0 Å². The molecule has 0 radical (unpaired) electrons. The van der Waals surface area contributed by atoms with Crippen molar-refractivity contribution >= 4 is 11.8 Å². The van der Waals surface area contributed by atoms with E-state index in [0.717, 1.165) is 0 Å². The van der Waals surface area contributed by atoms with Crippen molar-refractivity contribution in [1.29, 1.82) is 0 Å². The lowest BCUT2D eigenvalue weighted by atomic mass is 10.2. The SMILES string of the molecule is CC.CNC(=O)[C@H]1CCC(=O)N1. The molecular weight excluding hydrogens is 156 g/mol. The first-order valence-electron chi connectivity index (χ1n) is 4.25. The van der Waals surface area contributed by atoms with Gasteiger partial charge < -0.3 is 10.6 Å². The van der Waals surface area contributed by atoms with Crippen LogP contribution in [0.3, 0.4) is 0 Å². The van der Waals surface area contributed by atoms with Gasteiger partial charge >= 0.3 is 0 Å². The fraction of sp³-hybridized carbons (Fsp3) is 0.750. The van der Waals surface area contributed by atoms with E-state index in [0.29, 0.717) is 12.8 Å². The van der Waals surface area contributed by atoms with Gasteiger partial charge in [0.15, 0.2) is 0 Å². The molecule has 0 aliphatic carbocycles. The van der Waals surface area contributed by atoms with Crippen LogP contribution in [0.25, 0.3) is 0 Å². The fourth-order valence-corrected chi connectivity index (χ4v) is 0.985. The molecule has 4 nitrogen and oxygen atoms in total. The Morgan fingerprint density at radius 1 is 1.58 bits per heavy atom. The van der Waals surface area contributed by atoms with Crippen LogP contribution >= 0.6 is 0 Å². The summed E-state index contributed by atoms with van der Waals surface area (Å²) < 4.78 is 0. The van der Waals surface area contributed by atoms with E-state index >= 15 is 0 Å². The highest BCUT2D eigenvalue weighted by Gasteiger charge is 2.25. The van der Waals surface area contributed by atoms with Crippen molar-refractivity contribution in [3.8, 4) is 0 Å². The molecule has 2 amide bonds. The smallest absolute Gasteiger partial charge is 0.242 e. The lowest BCUT2D eigenvalue weighted by Gasteiger charge is -2.05. The molecule has 0 unspecified atom stereocenters. The Hall–Kier alpha value is -1.06. The molecule has 1 heterocycles. The number of hydrogen-bond acceptors (Lipinski definition) is 2. The minimum absolute atomic E-state index is 0.0337. The molecule has 1 atom stereocenters. The number of rotatable bonds is 1. The van der Waals surface area contributed by atoms with Gasteiger partial charge in [0.1, 0.15) is 6.04 Å². The Balaban J connectivity index is 0.000000561. The summed E-state index contributed by atoms with van der Waals surface area (Å²) >= 11 is 0. The minimum atomic E-state index is -0.294. The van der Waals surface area contributed by atoms with Gasteiger partial charge in [0.25, 0.3) is 0 Å². The molecule has 0 aromatic rings. The van der Waals surface area contributed by atoms with Crippen LogP contribution in [0.15, 0.2) is 0 Å². The third-order valence-electron chi connectivity index (χ3n) is 1.56. The van der Waals surface area contributed by atoms with E-state index in [2.05, 4.69) is 10.6 Å². The zero-order valence-corrected chi connectivity index (χ0v) is 7.81. The van der Waals surface area contributed by atoms with Crippen molar-refractivity contribution in [2.24, 2.45) is 0 Å². The minimum Gasteiger partial charge on any atom is -0.357 e. The summed E-state index contributed by atoms with van der Waals surface area (Å²) in [6.07, 6.45) is 1.09. The van der Waals surface area contributed by atoms with Crippen LogP contribution in [0.2, 0.25) is 0 Å². The number of likely N-dealkylation sites (N-methyl/N-ethyl adjacent to an activating group) is 1. The van der Waals surface area contributed by atoms with E-state index in [4.69, 9.17) is 0 Å². The predicted molar refractivity (Wildman–Crippen MR) is 46.6 cm³/mol. The first-order valence-corrected chi connectivity index (χ1v) is 4.25. The van der Waals surface area contributed by atoms with Crippen molar-refractivity contribution in [3.63, 3.8) is 0 Å². The summed E-state index contributed by atoms with van der Waals surface area (Å²) in [6.45, 7) is 4.00. The second kappa shape index (κ2) is 5.57. The van der Waals surface area contributed by atoms with Crippen LogP contribution in [0.1, 0.15) is 26.7 Å². The lowest BCUT2D eigenvalue weighted by Crippen LogP contribution is -2.39. The Morgan fingerprint density at radius 2 is 2.17 bits per heavy atom. The molecule has 70 valence electrons. The molecule has 1 fully saturated rings. The molecule has 2 N–H and O–H groups in total. The quantitative estimate of drug-likeness (QED) is 0.586. The third kappa shape index (κ3) is 2.90. The number of carbonyl (C=O) groups excluding carboxylic acids is 2. The molecule has 0 saturated carbocycles. The fourth-order valence-electron chi connectivity index (χ4n) is 0.985. The largest absolute Gasteiger partial charge is 0.357 e. The van der Waals surface area contributed by atoms with Crippen LogP contribution in [-0.2, 0) is 9.59 Å². The molecule has 0 bridgehead atoms. The predicted octanol–water partition coefficient (Wildman–Crippen LogP) is 0.0372. The average Bonchev–Trinajstić information content (AvgIpc) is 2.54. The highest BCUT2D eigenvalue weighted by molar-refractivity contribution is 5.90. The van der Waals surface area contributed by atoms with Gasteiger partial charge in [-0.05, 0) is 6.42 Å². The van der Waals surface area contributed by atoms with Gasteiger partial charge in [-0.15, -0.1) is 0 Å². The summed E-state index contributed by atoms with van der Waals surface area (Å²) in [5.74, 6) is -0.139. The van der Waals surface area contributed by atoms with Gasteiger partial charge in [0.2, 0.25) is 11.8 Å².